The quantitative estimate of drug-likeness (QED) is 0.789. The van der Waals surface area contributed by atoms with Gasteiger partial charge in [-0.05, 0) is 19.1 Å². The van der Waals surface area contributed by atoms with Gasteiger partial charge in [0.2, 0.25) is 0 Å². The van der Waals surface area contributed by atoms with Crippen molar-refractivity contribution in [3.8, 4) is 5.75 Å². The van der Waals surface area contributed by atoms with Crippen molar-refractivity contribution in [1.29, 1.82) is 0 Å². The summed E-state index contributed by atoms with van der Waals surface area (Å²) in [6.07, 6.45) is 0. The largest absolute Gasteiger partial charge is 0.496 e. The minimum atomic E-state index is -0.540. The molecule has 0 unspecified atom stereocenters. The van der Waals surface area contributed by atoms with Crippen molar-refractivity contribution in [3.05, 3.63) is 28.3 Å². The second kappa shape index (κ2) is 3.66. The molecule has 0 heterocycles. The van der Waals surface area contributed by atoms with Crippen LogP contribution in [0.4, 0.5) is 0 Å². The normalized spacial score (nSPS) is 9.77. The van der Waals surface area contributed by atoms with Crippen molar-refractivity contribution < 1.29 is 9.53 Å². The van der Waals surface area contributed by atoms with Gasteiger partial charge in [-0.25, -0.2) is 0 Å². The number of carbonyl (C=O) groups is 1. The van der Waals surface area contributed by atoms with Crippen LogP contribution in [0.15, 0.2) is 12.1 Å². The van der Waals surface area contributed by atoms with Crippen molar-refractivity contribution in [2.45, 2.75) is 6.92 Å². The zero-order valence-electron chi connectivity index (χ0n) is 7.43. The first kappa shape index (κ1) is 9.86. The Kier molecular flexibility index (Phi) is 2.78. The highest BCUT2D eigenvalue weighted by Gasteiger charge is 2.13. The van der Waals surface area contributed by atoms with Gasteiger partial charge in [-0.3, -0.25) is 4.79 Å². The van der Waals surface area contributed by atoms with Gasteiger partial charge >= 0.3 is 0 Å². The molecule has 0 spiro atoms. The van der Waals surface area contributed by atoms with Crippen LogP contribution >= 0.6 is 11.6 Å². The van der Waals surface area contributed by atoms with E-state index >= 15 is 0 Å². The maximum Gasteiger partial charge on any atom is 0.250 e. The lowest BCUT2D eigenvalue weighted by Crippen LogP contribution is -2.13. The van der Waals surface area contributed by atoms with Crippen LogP contribution in [0, 0.1) is 6.92 Å². The van der Waals surface area contributed by atoms with E-state index in [-0.39, 0.29) is 0 Å². The molecule has 0 fully saturated rings. The lowest BCUT2D eigenvalue weighted by Gasteiger charge is -2.08. The summed E-state index contributed by atoms with van der Waals surface area (Å²) >= 11 is 5.80. The van der Waals surface area contributed by atoms with Crippen molar-refractivity contribution in [2.75, 3.05) is 7.11 Å². The van der Waals surface area contributed by atoms with Crippen LogP contribution in [0.2, 0.25) is 5.02 Å². The first-order chi connectivity index (χ1) is 6.07. The van der Waals surface area contributed by atoms with Gasteiger partial charge in [0.1, 0.15) is 5.75 Å². The van der Waals surface area contributed by atoms with Crippen LogP contribution in [0.5, 0.6) is 5.75 Å². The molecule has 0 aliphatic heterocycles. The summed E-state index contributed by atoms with van der Waals surface area (Å²) in [5.74, 6) is 0.0691. The molecular weight excluding hydrogens is 190 g/mol. The highest BCUT2D eigenvalue weighted by molar-refractivity contribution is 6.34. The van der Waals surface area contributed by atoms with Crippen molar-refractivity contribution in [3.63, 3.8) is 0 Å². The summed E-state index contributed by atoms with van der Waals surface area (Å²) < 4.78 is 5.02. The topological polar surface area (TPSA) is 52.3 Å². The van der Waals surface area contributed by atoms with Gasteiger partial charge in [0.15, 0.2) is 0 Å². The maximum absolute atomic E-state index is 11.0. The Morgan fingerprint density at radius 3 is 2.62 bits per heavy atom. The molecule has 1 amide bonds. The van der Waals surface area contributed by atoms with Crippen LogP contribution in [0.3, 0.4) is 0 Å². The number of benzene rings is 1. The fraction of sp³-hybridized carbons (Fsp3) is 0.222. The molecule has 0 atom stereocenters. The monoisotopic (exact) mass is 199 g/mol. The summed E-state index contributed by atoms with van der Waals surface area (Å²) in [5.41, 5.74) is 6.15. The molecule has 1 aromatic rings. The molecule has 13 heavy (non-hydrogen) atoms. The van der Waals surface area contributed by atoms with Crippen molar-refractivity contribution in [2.24, 2.45) is 5.73 Å². The third-order valence-corrected chi connectivity index (χ3v) is 2.15. The molecule has 0 radical (unpaired) electrons. The Bertz CT molecular complexity index is 350. The van der Waals surface area contributed by atoms with Gasteiger partial charge < -0.3 is 10.5 Å². The molecule has 2 N–H and O–H groups in total. The van der Waals surface area contributed by atoms with Gasteiger partial charge in [-0.15, -0.1) is 0 Å². The lowest BCUT2D eigenvalue weighted by atomic mass is 10.1. The van der Waals surface area contributed by atoms with Crippen LogP contribution in [0.1, 0.15) is 15.9 Å². The molecule has 0 aliphatic rings. The van der Waals surface area contributed by atoms with E-state index in [0.29, 0.717) is 21.9 Å². The summed E-state index contributed by atoms with van der Waals surface area (Å²) in [6.45, 7) is 1.74. The molecule has 1 rings (SSSR count). The van der Waals surface area contributed by atoms with E-state index in [4.69, 9.17) is 22.1 Å². The third kappa shape index (κ3) is 1.75. The van der Waals surface area contributed by atoms with Crippen molar-refractivity contribution in [1.82, 2.24) is 0 Å². The van der Waals surface area contributed by atoms with Crippen LogP contribution in [0.25, 0.3) is 0 Å². The minimum Gasteiger partial charge on any atom is -0.496 e. The molecule has 4 heteroatoms. The molecule has 0 aromatic heterocycles. The summed E-state index contributed by atoms with van der Waals surface area (Å²) in [6, 6.07) is 3.29. The molecule has 0 aliphatic carbocycles. The van der Waals surface area contributed by atoms with Crippen LogP contribution in [-0.2, 0) is 0 Å². The van der Waals surface area contributed by atoms with Crippen molar-refractivity contribution >= 4 is 17.5 Å². The van der Waals surface area contributed by atoms with E-state index in [9.17, 15) is 4.79 Å². The van der Waals surface area contributed by atoms with E-state index < -0.39 is 5.91 Å². The zero-order valence-corrected chi connectivity index (χ0v) is 8.18. The maximum atomic E-state index is 11.0. The van der Waals surface area contributed by atoms with Gasteiger partial charge in [0.25, 0.3) is 5.91 Å². The highest BCUT2D eigenvalue weighted by atomic mass is 35.5. The SMILES string of the molecule is COc1ccc(Cl)c(C(N)=O)c1C. The number of primary amides is 1. The predicted molar refractivity (Wildman–Crippen MR) is 51.3 cm³/mol. The average molecular weight is 200 g/mol. The van der Waals surface area contributed by atoms with E-state index in [1.165, 1.54) is 7.11 Å². The number of rotatable bonds is 2. The number of carbonyl (C=O) groups excluding carboxylic acids is 1. The third-order valence-electron chi connectivity index (χ3n) is 1.83. The molecule has 0 bridgehead atoms. The number of methoxy groups -OCH3 is 1. The number of halogens is 1. The first-order valence-electron chi connectivity index (χ1n) is 3.70. The van der Waals surface area contributed by atoms with Crippen LogP contribution in [-0.4, -0.2) is 13.0 Å². The number of ether oxygens (including phenoxy) is 1. The standard InChI is InChI=1S/C9H10ClNO2/c1-5-7(13-2)4-3-6(10)8(5)9(11)12/h3-4H,1-2H3,(H2,11,12). The molecule has 3 nitrogen and oxygen atoms in total. The fourth-order valence-electron chi connectivity index (χ4n) is 1.18. The second-order valence-corrected chi connectivity index (χ2v) is 3.02. The van der Waals surface area contributed by atoms with E-state index in [0.717, 1.165) is 0 Å². The molecule has 0 saturated carbocycles. The number of hydrogen-bond donors (Lipinski definition) is 1. The summed E-state index contributed by atoms with van der Waals surface area (Å²) in [4.78, 5) is 11.0. The summed E-state index contributed by atoms with van der Waals surface area (Å²) in [5, 5.41) is 0.353. The Balaban J connectivity index is 3.38. The number of nitrogens with two attached hydrogens (primary N) is 1. The summed E-state index contributed by atoms with van der Waals surface area (Å²) in [7, 11) is 1.53. The Hall–Kier alpha value is -1.22. The molecular formula is C9H10ClNO2. The van der Waals surface area contributed by atoms with Gasteiger partial charge in [0.05, 0.1) is 17.7 Å². The smallest absolute Gasteiger partial charge is 0.250 e. The molecule has 70 valence electrons. The van der Waals surface area contributed by atoms with Gasteiger partial charge in [-0.2, -0.15) is 0 Å². The number of hydrogen-bond acceptors (Lipinski definition) is 2. The van der Waals surface area contributed by atoms with E-state index in [2.05, 4.69) is 0 Å². The van der Waals surface area contributed by atoms with E-state index in [1.54, 1.807) is 19.1 Å². The van der Waals surface area contributed by atoms with Gasteiger partial charge in [-0.1, -0.05) is 11.6 Å². The van der Waals surface area contributed by atoms with E-state index in [1.807, 2.05) is 0 Å². The second-order valence-electron chi connectivity index (χ2n) is 2.61. The number of amides is 1. The molecule has 1 aromatic carbocycles. The predicted octanol–water partition coefficient (Wildman–Crippen LogP) is 1.76. The fourth-order valence-corrected chi connectivity index (χ4v) is 1.48. The highest BCUT2D eigenvalue weighted by Crippen LogP contribution is 2.27. The Labute approximate surface area is 81.4 Å². The van der Waals surface area contributed by atoms with Crippen LogP contribution < -0.4 is 10.5 Å². The first-order valence-corrected chi connectivity index (χ1v) is 4.08. The lowest BCUT2D eigenvalue weighted by molar-refractivity contribution is 0.0999. The van der Waals surface area contributed by atoms with Gasteiger partial charge in [0, 0.05) is 5.56 Å². The minimum absolute atomic E-state index is 0.320. The zero-order chi connectivity index (χ0) is 10.0. The Morgan fingerprint density at radius 1 is 1.54 bits per heavy atom. The average Bonchev–Trinajstić information content (AvgIpc) is 2.04. The molecule has 0 saturated heterocycles. The Morgan fingerprint density at radius 2 is 2.15 bits per heavy atom.